The van der Waals surface area contributed by atoms with E-state index >= 15 is 0 Å². The summed E-state index contributed by atoms with van der Waals surface area (Å²) in [5.41, 5.74) is 4.25. The van der Waals surface area contributed by atoms with Gasteiger partial charge in [0.1, 0.15) is 30.0 Å². The highest BCUT2D eigenvalue weighted by Gasteiger charge is 2.15. The molecule has 2 amide bonds. The molecule has 1 aliphatic heterocycles. The molecule has 0 radical (unpaired) electrons. The van der Waals surface area contributed by atoms with Crippen LogP contribution in [0.25, 0.3) is 4.85 Å². The molecule has 1 heterocycles. The summed E-state index contributed by atoms with van der Waals surface area (Å²) in [7, 11) is 0. The van der Waals surface area contributed by atoms with Crippen LogP contribution in [0.15, 0.2) is 41.5 Å². The molecule has 0 aromatic heterocycles. The molecule has 12 heteroatoms. The third kappa shape index (κ3) is 10.0. The fourth-order valence-electron chi connectivity index (χ4n) is 3.58. The van der Waals surface area contributed by atoms with E-state index < -0.39 is 6.10 Å². The van der Waals surface area contributed by atoms with E-state index in [1.54, 1.807) is 36.4 Å². The fraction of sp³-hybridized carbons (Fsp3) is 0.429. The Morgan fingerprint density at radius 2 is 1.98 bits per heavy atom. The standard InChI is InChI=1S/C28H34ClN5O6/c1-18(2)32-15-20(35)16-39-21-6-9-26(24(14-21)30-3)38-12-4-11-31-28(37)17-40-25-8-5-19(13-22(25)29)23-7-10-27(36)34-33-23/h5-6,8-9,13-14,18,20,32,35H,4,7,10-12,15-17H2,1-2H3,(H,31,37)(H,34,36)/t20-/m0/s1. The normalized spacial score (nSPS) is 13.6. The average Bonchev–Trinajstić information content (AvgIpc) is 2.94. The molecule has 0 unspecified atom stereocenters. The van der Waals surface area contributed by atoms with Gasteiger partial charge in [-0.1, -0.05) is 25.4 Å². The van der Waals surface area contributed by atoms with E-state index in [9.17, 15) is 14.7 Å². The number of hydrazone groups is 1. The van der Waals surface area contributed by atoms with Crippen molar-refractivity contribution in [2.24, 2.45) is 5.10 Å². The zero-order chi connectivity index (χ0) is 28.9. The molecular formula is C28H34ClN5O6. The first-order valence-corrected chi connectivity index (χ1v) is 13.4. The number of benzene rings is 2. The summed E-state index contributed by atoms with van der Waals surface area (Å²) in [5.74, 6) is 0.820. The number of aliphatic hydroxyl groups is 1. The van der Waals surface area contributed by atoms with Crippen molar-refractivity contribution in [1.82, 2.24) is 16.1 Å². The van der Waals surface area contributed by atoms with Crippen LogP contribution in [-0.2, 0) is 9.59 Å². The molecule has 1 atom stereocenters. The number of halogens is 1. The zero-order valence-electron chi connectivity index (χ0n) is 22.5. The minimum Gasteiger partial charge on any atom is -0.505 e. The second-order valence-electron chi connectivity index (χ2n) is 9.35. The van der Waals surface area contributed by atoms with Crippen LogP contribution in [0.4, 0.5) is 5.69 Å². The summed E-state index contributed by atoms with van der Waals surface area (Å²) >= 11 is 6.30. The summed E-state index contributed by atoms with van der Waals surface area (Å²) in [6.45, 7) is 12.4. The zero-order valence-corrected chi connectivity index (χ0v) is 23.3. The average molecular weight is 572 g/mol. The number of nitrogens with zero attached hydrogens (tertiary/aromatic N) is 2. The first-order chi connectivity index (χ1) is 19.2. The Morgan fingerprint density at radius 1 is 1.18 bits per heavy atom. The van der Waals surface area contributed by atoms with Crippen molar-refractivity contribution < 1.29 is 28.9 Å². The van der Waals surface area contributed by atoms with Gasteiger partial charge in [-0.3, -0.25) is 9.59 Å². The third-order valence-corrected chi connectivity index (χ3v) is 5.98. The fourth-order valence-corrected chi connectivity index (χ4v) is 3.81. The number of amides is 2. The summed E-state index contributed by atoms with van der Waals surface area (Å²) in [6.07, 6.45) is 0.742. The van der Waals surface area contributed by atoms with Crippen LogP contribution in [0.2, 0.25) is 5.02 Å². The topological polar surface area (TPSA) is 135 Å². The Balaban J connectivity index is 1.35. The van der Waals surface area contributed by atoms with Gasteiger partial charge in [0.15, 0.2) is 6.61 Å². The summed E-state index contributed by atoms with van der Waals surface area (Å²) in [6, 6.07) is 10.3. The van der Waals surface area contributed by atoms with Crippen LogP contribution in [0, 0.1) is 6.57 Å². The van der Waals surface area contributed by atoms with Crippen molar-refractivity contribution in [3.8, 4) is 17.2 Å². The van der Waals surface area contributed by atoms with Crippen molar-refractivity contribution >= 4 is 34.8 Å². The van der Waals surface area contributed by atoms with Crippen LogP contribution < -0.4 is 30.3 Å². The molecule has 40 heavy (non-hydrogen) atoms. The van der Waals surface area contributed by atoms with Gasteiger partial charge in [0.05, 0.1) is 23.9 Å². The Bertz CT molecular complexity index is 1250. The molecule has 11 nitrogen and oxygen atoms in total. The molecule has 4 N–H and O–H groups in total. The van der Waals surface area contributed by atoms with Crippen molar-refractivity contribution in [2.45, 2.75) is 45.3 Å². The number of aliphatic hydroxyl groups excluding tert-OH is 1. The molecule has 2 aromatic carbocycles. The second kappa shape index (κ2) is 15.7. The van der Waals surface area contributed by atoms with Crippen molar-refractivity contribution in [3.05, 3.63) is 58.4 Å². The number of rotatable bonds is 15. The van der Waals surface area contributed by atoms with E-state index in [1.807, 2.05) is 13.8 Å². The largest absolute Gasteiger partial charge is 0.505 e. The highest BCUT2D eigenvalue weighted by atomic mass is 35.5. The van der Waals surface area contributed by atoms with Gasteiger partial charge in [0.25, 0.3) is 5.91 Å². The van der Waals surface area contributed by atoms with Gasteiger partial charge in [-0.2, -0.15) is 5.10 Å². The number of carbonyl (C=O) groups is 2. The predicted octanol–water partition coefficient (Wildman–Crippen LogP) is 3.21. The quantitative estimate of drug-likeness (QED) is 0.190. The summed E-state index contributed by atoms with van der Waals surface area (Å²) < 4.78 is 16.8. The van der Waals surface area contributed by atoms with Gasteiger partial charge >= 0.3 is 0 Å². The lowest BCUT2D eigenvalue weighted by Gasteiger charge is -2.16. The van der Waals surface area contributed by atoms with Crippen molar-refractivity contribution in [1.29, 1.82) is 0 Å². The van der Waals surface area contributed by atoms with Crippen LogP contribution in [0.3, 0.4) is 0 Å². The van der Waals surface area contributed by atoms with Crippen molar-refractivity contribution in [2.75, 3.05) is 32.9 Å². The minimum absolute atomic E-state index is 0.106. The smallest absolute Gasteiger partial charge is 0.257 e. The molecule has 1 aliphatic rings. The number of carbonyl (C=O) groups excluding carboxylic acids is 2. The van der Waals surface area contributed by atoms with Crippen LogP contribution in [0.1, 0.15) is 38.7 Å². The maximum Gasteiger partial charge on any atom is 0.257 e. The van der Waals surface area contributed by atoms with E-state index in [2.05, 4.69) is 26.0 Å². The minimum atomic E-state index is -0.665. The SMILES string of the molecule is [C-]#[N+]c1cc(OC[C@@H](O)CNC(C)C)ccc1OCCCNC(=O)COc1ccc(C2=NNC(=O)CC2)cc1Cl. The molecular weight excluding hydrogens is 538 g/mol. The molecule has 0 fully saturated rings. The van der Waals surface area contributed by atoms with E-state index in [0.717, 1.165) is 11.3 Å². The van der Waals surface area contributed by atoms with Crippen LogP contribution >= 0.6 is 11.6 Å². The van der Waals surface area contributed by atoms with Gasteiger partial charge in [0, 0.05) is 32.0 Å². The lowest BCUT2D eigenvalue weighted by Crippen LogP contribution is -2.35. The highest BCUT2D eigenvalue weighted by Crippen LogP contribution is 2.32. The Hall–Kier alpha value is -3.85. The van der Waals surface area contributed by atoms with Gasteiger partial charge in [-0.25, -0.2) is 10.3 Å². The summed E-state index contributed by atoms with van der Waals surface area (Å²) in [5, 5.41) is 20.2. The van der Waals surface area contributed by atoms with Gasteiger partial charge in [0.2, 0.25) is 11.6 Å². The molecule has 0 bridgehead atoms. The van der Waals surface area contributed by atoms with Crippen molar-refractivity contribution in [3.63, 3.8) is 0 Å². The molecule has 0 spiro atoms. The Kier molecular flexibility index (Phi) is 12.0. The van der Waals surface area contributed by atoms with E-state index in [0.29, 0.717) is 66.9 Å². The highest BCUT2D eigenvalue weighted by molar-refractivity contribution is 6.32. The van der Waals surface area contributed by atoms with Crippen LogP contribution in [-0.4, -0.2) is 67.7 Å². The predicted molar refractivity (Wildman–Crippen MR) is 151 cm³/mol. The maximum absolute atomic E-state index is 12.2. The van der Waals surface area contributed by atoms with Gasteiger partial charge in [-0.05, 0) is 48.4 Å². The lowest BCUT2D eigenvalue weighted by molar-refractivity contribution is -0.123. The van der Waals surface area contributed by atoms with Gasteiger partial charge in [-0.15, -0.1) is 0 Å². The third-order valence-electron chi connectivity index (χ3n) is 5.68. The van der Waals surface area contributed by atoms with E-state index in [1.165, 1.54) is 0 Å². The molecule has 3 rings (SSSR count). The molecule has 0 saturated carbocycles. The first kappa shape index (κ1) is 30.7. The number of hydrogen-bond donors (Lipinski definition) is 4. The molecule has 2 aromatic rings. The van der Waals surface area contributed by atoms with E-state index in [-0.39, 0.29) is 31.1 Å². The Morgan fingerprint density at radius 3 is 2.67 bits per heavy atom. The van der Waals surface area contributed by atoms with Crippen LogP contribution in [0.5, 0.6) is 17.2 Å². The van der Waals surface area contributed by atoms with E-state index in [4.69, 9.17) is 32.4 Å². The maximum atomic E-state index is 12.2. The first-order valence-electron chi connectivity index (χ1n) is 13.0. The molecule has 214 valence electrons. The number of nitrogens with one attached hydrogen (secondary N) is 3. The molecule has 0 aliphatic carbocycles. The monoisotopic (exact) mass is 571 g/mol. The van der Waals surface area contributed by atoms with Gasteiger partial charge < -0.3 is 30.0 Å². The summed E-state index contributed by atoms with van der Waals surface area (Å²) in [4.78, 5) is 26.9. The Labute approximate surface area is 238 Å². The number of hydrogen-bond acceptors (Lipinski definition) is 8. The lowest BCUT2D eigenvalue weighted by atomic mass is 10.0. The second-order valence-corrected chi connectivity index (χ2v) is 9.76. The molecule has 0 saturated heterocycles. The number of ether oxygens (including phenoxy) is 3.